The van der Waals surface area contributed by atoms with E-state index in [1.807, 2.05) is 31.2 Å². The van der Waals surface area contributed by atoms with Gasteiger partial charge in [0.05, 0.1) is 6.61 Å². The summed E-state index contributed by atoms with van der Waals surface area (Å²) in [5.41, 5.74) is 1.16. The molecule has 2 saturated heterocycles. The van der Waals surface area contributed by atoms with Gasteiger partial charge >= 0.3 is 6.03 Å². The second-order valence-corrected chi connectivity index (χ2v) is 7.76. The van der Waals surface area contributed by atoms with Gasteiger partial charge in [-0.3, -0.25) is 4.79 Å². The first-order valence-electron chi connectivity index (χ1n) is 9.57. The van der Waals surface area contributed by atoms with Crippen LogP contribution in [0.5, 0.6) is 0 Å². The highest BCUT2D eigenvalue weighted by Gasteiger charge is 2.34. The van der Waals surface area contributed by atoms with Crippen molar-refractivity contribution in [2.24, 2.45) is 5.41 Å². The Morgan fingerprint density at radius 2 is 2.15 bits per heavy atom. The topological polar surface area (TPSA) is 82.1 Å². The number of hydrogen-bond donors (Lipinski definition) is 2. The average molecular weight is 375 g/mol. The van der Waals surface area contributed by atoms with Crippen molar-refractivity contribution in [3.05, 3.63) is 24.3 Å². The smallest absolute Gasteiger partial charge is 0.321 e. The molecule has 0 saturated carbocycles. The number of nitrogens with one attached hydrogen (secondary N) is 1. The molecule has 0 radical (unpaired) electrons. The van der Waals surface area contributed by atoms with Gasteiger partial charge in [0.1, 0.15) is 0 Å². The van der Waals surface area contributed by atoms with E-state index in [1.54, 1.807) is 16.8 Å². The summed E-state index contributed by atoms with van der Waals surface area (Å²) in [6.07, 6.45) is 2.90. The maximum Gasteiger partial charge on any atom is 0.321 e. The number of carbonyl (C=O) groups excluding carboxylic acids is 2. The third-order valence-electron chi connectivity index (χ3n) is 5.67. The molecule has 27 heavy (non-hydrogen) atoms. The Morgan fingerprint density at radius 3 is 2.78 bits per heavy atom. The molecule has 0 bridgehead atoms. The number of hydrogen-bond acceptors (Lipinski definition) is 4. The van der Waals surface area contributed by atoms with Gasteiger partial charge in [-0.2, -0.15) is 0 Å². The number of carbonyl (C=O) groups is 2. The minimum absolute atomic E-state index is 0.0401. The van der Waals surface area contributed by atoms with Crippen LogP contribution in [0.3, 0.4) is 0 Å². The van der Waals surface area contributed by atoms with Crippen molar-refractivity contribution in [1.82, 2.24) is 4.90 Å². The number of amides is 3. The second-order valence-electron chi connectivity index (χ2n) is 7.76. The maximum absolute atomic E-state index is 12.6. The third kappa shape index (κ3) is 4.42. The van der Waals surface area contributed by atoms with Crippen LogP contribution in [0.2, 0.25) is 0 Å². The number of aliphatic hydroxyl groups is 1. The fraction of sp³-hybridized carbons (Fsp3) is 0.600. The van der Waals surface area contributed by atoms with Gasteiger partial charge in [-0.1, -0.05) is 6.07 Å². The van der Waals surface area contributed by atoms with Crippen LogP contribution >= 0.6 is 0 Å². The second kappa shape index (κ2) is 8.27. The van der Waals surface area contributed by atoms with E-state index < -0.39 is 0 Å². The van der Waals surface area contributed by atoms with Gasteiger partial charge < -0.3 is 25.0 Å². The van der Waals surface area contributed by atoms with Crippen molar-refractivity contribution in [2.45, 2.75) is 38.6 Å². The van der Waals surface area contributed by atoms with Crippen molar-refractivity contribution < 1.29 is 19.4 Å². The van der Waals surface area contributed by atoms with Gasteiger partial charge in [0.25, 0.3) is 0 Å². The first kappa shape index (κ1) is 19.6. The minimum Gasteiger partial charge on any atom is -0.396 e. The van der Waals surface area contributed by atoms with Crippen LogP contribution in [0.4, 0.5) is 16.2 Å². The molecule has 2 heterocycles. The summed E-state index contributed by atoms with van der Waals surface area (Å²) in [6, 6.07) is 7.33. The van der Waals surface area contributed by atoms with Gasteiger partial charge in [0, 0.05) is 56.1 Å². The van der Waals surface area contributed by atoms with E-state index in [0.29, 0.717) is 31.9 Å². The van der Waals surface area contributed by atoms with E-state index in [0.717, 1.165) is 24.9 Å². The normalized spacial score (nSPS) is 22.0. The predicted molar refractivity (Wildman–Crippen MR) is 104 cm³/mol. The van der Waals surface area contributed by atoms with Gasteiger partial charge in [-0.25, -0.2) is 4.79 Å². The van der Waals surface area contributed by atoms with E-state index in [1.165, 1.54) is 0 Å². The molecule has 1 aromatic carbocycles. The Kier molecular flexibility index (Phi) is 6.01. The fourth-order valence-corrected chi connectivity index (χ4v) is 3.92. The van der Waals surface area contributed by atoms with Crippen LogP contribution in [-0.4, -0.2) is 61.4 Å². The largest absolute Gasteiger partial charge is 0.396 e. The van der Waals surface area contributed by atoms with Crippen molar-refractivity contribution in [3.63, 3.8) is 0 Å². The summed E-state index contributed by atoms with van der Waals surface area (Å²) >= 11 is 0. The molecule has 3 amide bonds. The van der Waals surface area contributed by atoms with Crippen molar-refractivity contribution in [2.75, 3.05) is 43.6 Å². The minimum atomic E-state index is -0.302. The summed E-state index contributed by atoms with van der Waals surface area (Å²) in [7, 11) is 1.73. The molecule has 1 atom stereocenters. The molecular weight excluding hydrogens is 346 g/mol. The Bertz CT molecular complexity index is 688. The van der Waals surface area contributed by atoms with Gasteiger partial charge in [0.15, 0.2) is 0 Å². The first-order valence-corrected chi connectivity index (χ1v) is 9.57. The molecule has 0 spiro atoms. The zero-order valence-electron chi connectivity index (χ0n) is 16.1. The van der Waals surface area contributed by atoms with Gasteiger partial charge in [0.2, 0.25) is 5.91 Å². The summed E-state index contributed by atoms with van der Waals surface area (Å²) in [4.78, 5) is 28.1. The zero-order chi connectivity index (χ0) is 19.4. The number of ether oxygens (including phenoxy) is 1. The van der Waals surface area contributed by atoms with E-state index in [4.69, 9.17) is 4.74 Å². The highest BCUT2D eigenvalue weighted by atomic mass is 16.5. The standard InChI is InChI=1S/C20H29N3O4/c1-15-6-7-18(25)23(15)17-5-3-4-16(12-17)21-19(26)22(2)13-20(14-24)8-10-27-11-9-20/h3-5,12,15,24H,6-11,13-14H2,1-2H3,(H,21,26)/t15-/m0/s1. The molecule has 2 N–H and O–H groups in total. The first-order chi connectivity index (χ1) is 12.9. The summed E-state index contributed by atoms with van der Waals surface area (Å²) < 4.78 is 5.38. The highest BCUT2D eigenvalue weighted by Crippen LogP contribution is 2.31. The molecule has 7 heteroatoms. The number of rotatable bonds is 5. The van der Waals surface area contributed by atoms with E-state index in [9.17, 15) is 14.7 Å². The van der Waals surface area contributed by atoms with E-state index >= 15 is 0 Å². The molecule has 0 aliphatic carbocycles. The lowest BCUT2D eigenvalue weighted by Gasteiger charge is -2.38. The van der Waals surface area contributed by atoms with Crippen LogP contribution in [-0.2, 0) is 9.53 Å². The summed E-state index contributed by atoms with van der Waals surface area (Å²) in [5.74, 6) is 0.118. The molecule has 0 unspecified atom stereocenters. The number of anilines is 2. The SMILES string of the molecule is C[C@H]1CCC(=O)N1c1cccc(NC(=O)N(C)CC2(CO)CCOCC2)c1. The molecule has 2 fully saturated rings. The Hall–Kier alpha value is -2.12. The van der Waals surface area contributed by atoms with Gasteiger partial charge in [-0.15, -0.1) is 0 Å². The van der Waals surface area contributed by atoms with E-state index in [2.05, 4.69) is 5.32 Å². The predicted octanol–water partition coefficient (Wildman–Crippen LogP) is 2.45. The quantitative estimate of drug-likeness (QED) is 0.828. The molecule has 148 valence electrons. The van der Waals surface area contributed by atoms with Gasteiger partial charge in [-0.05, 0) is 44.4 Å². The molecule has 2 aliphatic rings. The number of urea groups is 1. The number of nitrogens with zero attached hydrogens (tertiary/aromatic N) is 2. The summed E-state index contributed by atoms with van der Waals surface area (Å²) in [6.45, 7) is 3.77. The van der Waals surface area contributed by atoms with Crippen LogP contribution < -0.4 is 10.2 Å². The number of benzene rings is 1. The third-order valence-corrected chi connectivity index (χ3v) is 5.67. The Morgan fingerprint density at radius 1 is 1.41 bits per heavy atom. The molecule has 0 aromatic heterocycles. The molecule has 7 nitrogen and oxygen atoms in total. The Balaban J connectivity index is 1.65. The monoisotopic (exact) mass is 375 g/mol. The van der Waals surface area contributed by atoms with Crippen LogP contribution in [0.15, 0.2) is 24.3 Å². The maximum atomic E-state index is 12.6. The highest BCUT2D eigenvalue weighted by molar-refractivity contribution is 5.97. The molecule has 3 rings (SSSR count). The lowest BCUT2D eigenvalue weighted by Crippen LogP contribution is -2.45. The van der Waals surface area contributed by atoms with Crippen molar-refractivity contribution >= 4 is 23.3 Å². The summed E-state index contributed by atoms with van der Waals surface area (Å²) in [5, 5.41) is 12.7. The van der Waals surface area contributed by atoms with Crippen LogP contribution in [0.1, 0.15) is 32.6 Å². The Labute approximate surface area is 160 Å². The fourth-order valence-electron chi connectivity index (χ4n) is 3.92. The lowest BCUT2D eigenvalue weighted by molar-refractivity contribution is -0.117. The molecule has 2 aliphatic heterocycles. The molecule has 1 aromatic rings. The van der Waals surface area contributed by atoms with Crippen molar-refractivity contribution in [3.8, 4) is 0 Å². The number of aliphatic hydroxyl groups excluding tert-OH is 1. The zero-order valence-corrected chi connectivity index (χ0v) is 16.1. The molecular formula is C20H29N3O4. The van der Waals surface area contributed by atoms with Crippen LogP contribution in [0.25, 0.3) is 0 Å². The average Bonchev–Trinajstić information content (AvgIpc) is 3.01. The van der Waals surface area contributed by atoms with E-state index in [-0.39, 0.29) is 30.0 Å². The van der Waals surface area contributed by atoms with Crippen molar-refractivity contribution in [1.29, 1.82) is 0 Å². The van der Waals surface area contributed by atoms with Crippen LogP contribution in [0, 0.1) is 5.41 Å². The lowest BCUT2D eigenvalue weighted by atomic mass is 9.80.